The van der Waals surface area contributed by atoms with Gasteiger partial charge in [-0.2, -0.15) is 0 Å². The first-order valence-electron chi connectivity index (χ1n) is 13.4. The van der Waals surface area contributed by atoms with E-state index in [-0.39, 0.29) is 17.4 Å². The lowest BCUT2D eigenvalue weighted by molar-refractivity contribution is 0.102. The van der Waals surface area contributed by atoms with E-state index in [2.05, 4.69) is 52.8 Å². The number of anilines is 2. The zero-order chi connectivity index (χ0) is 27.4. The number of amides is 1. The summed E-state index contributed by atoms with van der Waals surface area (Å²) < 4.78 is 27.5. The van der Waals surface area contributed by atoms with Crippen LogP contribution in [0.3, 0.4) is 0 Å². The summed E-state index contributed by atoms with van der Waals surface area (Å²) >= 11 is 0. The maximum atomic E-state index is 14.0. The van der Waals surface area contributed by atoms with Gasteiger partial charge in [-0.05, 0) is 87.8 Å². The van der Waals surface area contributed by atoms with Gasteiger partial charge < -0.3 is 15.5 Å². The third kappa shape index (κ3) is 6.23. The lowest BCUT2D eigenvalue weighted by Gasteiger charge is -2.35. The third-order valence-corrected chi connectivity index (χ3v) is 7.31. The molecular weight excluding hydrogens is 496 g/mol. The molecule has 202 valence electrons. The third-order valence-electron chi connectivity index (χ3n) is 7.31. The second-order valence-corrected chi connectivity index (χ2v) is 10.4. The van der Waals surface area contributed by atoms with Crippen LogP contribution in [0.2, 0.25) is 0 Å². The van der Waals surface area contributed by atoms with Crippen molar-refractivity contribution in [3.8, 4) is 0 Å². The van der Waals surface area contributed by atoms with Gasteiger partial charge in [-0.15, -0.1) is 0 Å². The number of benzene rings is 2. The van der Waals surface area contributed by atoms with Crippen LogP contribution in [-0.2, 0) is 6.42 Å². The zero-order valence-electron chi connectivity index (χ0n) is 22.3. The molecule has 6 nitrogen and oxygen atoms in total. The number of aromatic nitrogens is 2. The largest absolute Gasteiger partial charge is 0.354 e. The predicted molar refractivity (Wildman–Crippen MR) is 150 cm³/mol. The van der Waals surface area contributed by atoms with Crippen LogP contribution in [0.15, 0.2) is 72.5 Å². The van der Waals surface area contributed by atoms with E-state index in [1.165, 1.54) is 5.57 Å². The van der Waals surface area contributed by atoms with Gasteiger partial charge in [-0.1, -0.05) is 35.9 Å². The molecule has 2 unspecified atom stereocenters. The molecule has 0 bridgehead atoms. The maximum Gasteiger partial charge on any atom is 0.258 e. The normalized spacial score (nSPS) is 17.8. The molecule has 1 aromatic heterocycles. The van der Waals surface area contributed by atoms with Gasteiger partial charge in [-0.25, -0.2) is 18.7 Å². The fourth-order valence-electron chi connectivity index (χ4n) is 5.31. The molecule has 2 aromatic carbocycles. The van der Waals surface area contributed by atoms with Crippen molar-refractivity contribution < 1.29 is 13.6 Å². The Balaban J connectivity index is 1.30. The second kappa shape index (κ2) is 11.9. The number of carbonyl (C=O) groups is 1. The minimum absolute atomic E-state index is 0.159. The maximum absolute atomic E-state index is 14.0. The molecule has 2 aliphatic carbocycles. The zero-order valence-corrected chi connectivity index (χ0v) is 22.3. The van der Waals surface area contributed by atoms with E-state index in [0.717, 1.165) is 73.8 Å². The van der Waals surface area contributed by atoms with Crippen LogP contribution in [0.5, 0.6) is 0 Å². The van der Waals surface area contributed by atoms with Gasteiger partial charge in [0.25, 0.3) is 5.91 Å². The summed E-state index contributed by atoms with van der Waals surface area (Å²) in [6.45, 7) is 1.91. The summed E-state index contributed by atoms with van der Waals surface area (Å²) in [6.07, 6.45) is 12.3. The molecule has 1 amide bonds. The molecule has 3 aromatic rings. The molecule has 0 saturated carbocycles. The Hall–Kier alpha value is -3.91. The number of allylic oxidation sites excluding steroid dienone is 4. The molecule has 2 atom stereocenters. The first-order valence-corrected chi connectivity index (χ1v) is 13.4. The number of nitrogens with zero attached hydrogens (tertiary/aromatic N) is 3. The fourth-order valence-corrected chi connectivity index (χ4v) is 5.31. The van der Waals surface area contributed by atoms with E-state index in [4.69, 9.17) is 4.98 Å². The number of hydrogen-bond acceptors (Lipinski definition) is 5. The molecule has 0 aliphatic heterocycles. The SMILES string of the molecule is CN(C)CCCCNc1ncc2c(n1)C1CC=CC=C1C(c1ccc(NC(=O)c3cc(F)ccc3F)cc1)C2. The number of unbranched alkanes of at least 4 members (excludes halogenated alkanes) is 1. The van der Waals surface area contributed by atoms with Crippen LogP contribution in [0.1, 0.15) is 58.3 Å². The predicted octanol–water partition coefficient (Wildman–Crippen LogP) is 6.07. The first-order chi connectivity index (χ1) is 18.9. The summed E-state index contributed by atoms with van der Waals surface area (Å²) in [4.78, 5) is 24.2. The Bertz CT molecular complexity index is 1400. The minimum Gasteiger partial charge on any atom is -0.354 e. The highest BCUT2D eigenvalue weighted by Gasteiger charge is 2.34. The fraction of sp³-hybridized carbons (Fsp3) is 0.323. The molecule has 0 radical (unpaired) electrons. The van der Waals surface area contributed by atoms with Crippen LogP contribution in [0.4, 0.5) is 20.4 Å². The monoisotopic (exact) mass is 529 g/mol. The second-order valence-electron chi connectivity index (χ2n) is 10.4. The number of hydrogen-bond donors (Lipinski definition) is 2. The van der Waals surface area contributed by atoms with E-state index in [1.54, 1.807) is 12.1 Å². The lowest BCUT2D eigenvalue weighted by Crippen LogP contribution is -2.24. The van der Waals surface area contributed by atoms with Crippen molar-refractivity contribution in [3.63, 3.8) is 0 Å². The van der Waals surface area contributed by atoms with Gasteiger partial charge in [0, 0.05) is 30.3 Å². The van der Waals surface area contributed by atoms with Crippen molar-refractivity contribution in [1.29, 1.82) is 0 Å². The highest BCUT2D eigenvalue weighted by atomic mass is 19.1. The Morgan fingerprint density at radius 3 is 2.69 bits per heavy atom. The van der Waals surface area contributed by atoms with Gasteiger partial charge >= 0.3 is 0 Å². The van der Waals surface area contributed by atoms with E-state index < -0.39 is 17.5 Å². The van der Waals surface area contributed by atoms with Crippen LogP contribution in [-0.4, -0.2) is 48.0 Å². The summed E-state index contributed by atoms with van der Waals surface area (Å²) in [5, 5.41) is 6.05. The van der Waals surface area contributed by atoms with Crippen LogP contribution < -0.4 is 10.6 Å². The van der Waals surface area contributed by atoms with Gasteiger partial charge in [0.1, 0.15) is 11.6 Å². The molecule has 0 saturated heterocycles. The van der Waals surface area contributed by atoms with E-state index >= 15 is 0 Å². The Morgan fingerprint density at radius 2 is 1.90 bits per heavy atom. The lowest BCUT2D eigenvalue weighted by atomic mass is 9.70. The summed E-state index contributed by atoms with van der Waals surface area (Å²) in [7, 11) is 4.17. The highest BCUT2D eigenvalue weighted by molar-refractivity contribution is 6.04. The van der Waals surface area contributed by atoms with Gasteiger partial charge in [0.05, 0.1) is 11.3 Å². The van der Waals surface area contributed by atoms with Gasteiger partial charge in [-0.3, -0.25) is 4.79 Å². The molecule has 5 rings (SSSR count). The van der Waals surface area contributed by atoms with Gasteiger partial charge in [0.15, 0.2) is 0 Å². The average molecular weight is 530 g/mol. The van der Waals surface area contributed by atoms with E-state index in [9.17, 15) is 13.6 Å². The Morgan fingerprint density at radius 1 is 1.08 bits per heavy atom. The number of carbonyl (C=O) groups excluding carboxylic acids is 1. The van der Waals surface area contributed by atoms with Crippen molar-refractivity contribution in [2.75, 3.05) is 37.8 Å². The Kier molecular flexibility index (Phi) is 8.12. The topological polar surface area (TPSA) is 70.2 Å². The van der Waals surface area contributed by atoms with E-state index in [1.807, 2.05) is 18.3 Å². The molecule has 39 heavy (non-hydrogen) atoms. The first kappa shape index (κ1) is 26.7. The quantitative estimate of drug-likeness (QED) is 0.329. The summed E-state index contributed by atoms with van der Waals surface area (Å²) in [5.74, 6) is -1.08. The highest BCUT2D eigenvalue weighted by Crippen LogP contribution is 2.46. The van der Waals surface area contributed by atoms with Crippen LogP contribution >= 0.6 is 0 Å². The molecule has 2 N–H and O–H groups in total. The molecule has 2 aliphatic rings. The van der Waals surface area contributed by atoms with Crippen molar-refractivity contribution in [3.05, 3.63) is 106 Å². The van der Waals surface area contributed by atoms with Crippen LogP contribution in [0.25, 0.3) is 0 Å². The smallest absolute Gasteiger partial charge is 0.258 e. The summed E-state index contributed by atoms with van der Waals surface area (Å²) in [5.41, 5.74) is 4.86. The molecular formula is C31H33F2N5O. The number of halogens is 2. The van der Waals surface area contributed by atoms with E-state index in [0.29, 0.717) is 11.6 Å². The molecule has 1 heterocycles. The standard InChI is InChI=1S/C31H33F2N5O/c1-38(2)16-6-5-15-34-31-35-19-21-17-26(24-7-3-4-8-25(24)29(21)37-31)20-9-12-23(13-10-20)36-30(39)27-18-22(32)11-14-28(27)33/h3-4,7,9-14,18-19,25-26H,5-6,8,15-17H2,1-2H3,(H,36,39)(H,34,35,37). The molecule has 0 fully saturated rings. The van der Waals surface area contributed by atoms with Crippen molar-refractivity contribution in [2.24, 2.45) is 0 Å². The molecule has 8 heteroatoms. The van der Waals surface area contributed by atoms with Crippen molar-refractivity contribution in [1.82, 2.24) is 14.9 Å². The van der Waals surface area contributed by atoms with Crippen molar-refractivity contribution in [2.45, 2.75) is 37.5 Å². The number of nitrogens with one attached hydrogen (secondary N) is 2. The van der Waals surface area contributed by atoms with Gasteiger partial charge in [0.2, 0.25) is 5.95 Å². The number of fused-ring (bicyclic) bond motifs is 3. The van der Waals surface area contributed by atoms with Crippen molar-refractivity contribution >= 4 is 17.5 Å². The van der Waals surface area contributed by atoms with Crippen LogP contribution in [0, 0.1) is 11.6 Å². The molecule has 0 spiro atoms. The Labute approximate surface area is 227 Å². The average Bonchev–Trinajstić information content (AvgIpc) is 2.94. The summed E-state index contributed by atoms with van der Waals surface area (Å²) in [6, 6.07) is 10.4. The minimum atomic E-state index is -0.764. The number of rotatable bonds is 9.